The number of thiophene rings is 1. The van der Waals surface area contributed by atoms with Crippen molar-refractivity contribution in [3.63, 3.8) is 0 Å². The van der Waals surface area contributed by atoms with Crippen molar-refractivity contribution in [2.24, 2.45) is 0 Å². The molecular formula is C20H20ClNO5S. The van der Waals surface area contributed by atoms with E-state index in [0.29, 0.717) is 32.9 Å². The van der Waals surface area contributed by atoms with Crippen molar-refractivity contribution in [2.75, 3.05) is 28.4 Å². The van der Waals surface area contributed by atoms with Crippen molar-refractivity contribution in [3.8, 4) is 23.0 Å². The van der Waals surface area contributed by atoms with Crippen molar-refractivity contribution in [2.45, 2.75) is 6.54 Å². The fourth-order valence-corrected chi connectivity index (χ4v) is 4.25. The van der Waals surface area contributed by atoms with Gasteiger partial charge in [0.2, 0.25) is 0 Å². The molecule has 1 heterocycles. The Kier molecular flexibility index (Phi) is 6.16. The maximum absolute atomic E-state index is 12.8. The van der Waals surface area contributed by atoms with E-state index in [-0.39, 0.29) is 12.5 Å². The number of halogens is 1. The molecule has 0 bridgehead atoms. The smallest absolute Gasteiger partial charge is 0.263 e. The second-order valence-corrected chi connectivity index (χ2v) is 7.24. The summed E-state index contributed by atoms with van der Waals surface area (Å²) in [7, 11) is 6.29. The number of carbonyl (C=O) groups is 1. The van der Waals surface area contributed by atoms with Crippen molar-refractivity contribution in [1.29, 1.82) is 0 Å². The van der Waals surface area contributed by atoms with Crippen LogP contribution in [0, 0.1) is 0 Å². The Hall–Kier alpha value is -2.64. The predicted octanol–water partition coefficient (Wildman–Crippen LogP) is 4.52. The van der Waals surface area contributed by atoms with Crippen LogP contribution < -0.4 is 24.3 Å². The Labute approximate surface area is 171 Å². The molecule has 0 spiro atoms. The first-order valence-electron chi connectivity index (χ1n) is 8.35. The Morgan fingerprint density at radius 1 is 0.964 bits per heavy atom. The van der Waals surface area contributed by atoms with Crippen molar-refractivity contribution < 1.29 is 23.7 Å². The number of rotatable bonds is 7. The van der Waals surface area contributed by atoms with Gasteiger partial charge in [-0.3, -0.25) is 4.79 Å². The molecule has 0 aliphatic carbocycles. The largest absolute Gasteiger partial charge is 0.497 e. The summed E-state index contributed by atoms with van der Waals surface area (Å²) in [4.78, 5) is 13.2. The summed E-state index contributed by atoms with van der Waals surface area (Å²) in [6, 6.07) is 9.00. The summed E-state index contributed by atoms with van der Waals surface area (Å²) in [5.74, 6) is 2.22. The molecule has 0 radical (unpaired) electrons. The monoisotopic (exact) mass is 421 g/mol. The minimum Gasteiger partial charge on any atom is -0.497 e. The Morgan fingerprint density at radius 2 is 1.64 bits per heavy atom. The maximum atomic E-state index is 12.8. The lowest BCUT2D eigenvalue weighted by Crippen LogP contribution is -2.22. The molecule has 0 aliphatic rings. The highest BCUT2D eigenvalue weighted by Crippen LogP contribution is 2.41. The lowest BCUT2D eigenvalue weighted by molar-refractivity contribution is 0.0955. The molecule has 1 N–H and O–H groups in total. The highest BCUT2D eigenvalue weighted by molar-refractivity contribution is 7.21. The summed E-state index contributed by atoms with van der Waals surface area (Å²) in [5, 5.41) is 4.02. The fraction of sp³-hybridized carbons (Fsp3) is 0.250. The molecule has 0 fully saturated rings. The van der Waals surface area contributed by atoms with E-state index in [4.69, 9.17) is 30.5 Å². The SMILES string of the molecule is COc1ccc(OC)c(CNC(=O)c2sc3cc(OC)c(OC)cc3c2Cl)c1. The Balaban J connectivity index is 1.87. The van der Waals surface area contributed by atoms with E-state index < -0.39 is 0 Å². The van der Waals surface area contributed by atoms with Crippen molar-refractivity contribution >= 4 is 38.9 Å². The molecule has 148 valence electrons. The van der Waals surface area contributed by atoms with E-state index in [0.717, 1.165) is 15.6 Å². The number of fused-ring (bicyclic) bond motifs is 1. The van der Waals surface area contributed by atoms with Gasteiger partial charge in [-0.15, -0.1) is 11.3 Å². The van der Waals surface area contributed by atoms with Crippen LogP contribution in [0.1, 0.15) is 15.2 Å². The van der Waals surface area contributed by atoms with E-state index >= 15 is 0 Å². The highest BCUT2D eigenvalue weighted by Gasteiger charge is 2.20. The number of hydrogen-bond acceptors (Lipinski definition) is 6. The first-order valence-corrected chi connectivity index (χ1v) is 9.55. The number of hydrogen-bond donors (Lipinski definition) is 1. The number of nitrogens with one attached hydrogen (secondary N) is 1. The highest BCUT2D eigenvalue weighted by atomic mass is 35.5. The third-order valence-corrected chi connectivity index (χ3v) is 5.92. The van der Waals surface area contributed by atoms with Crippen LogP contribution >= 0.6 is 22.9 Å². The number of amides is 1. The second-order valence-electron chi connectivity index (χ2n) is 5.81. The number of ether oxygens (including phenoxy) is 4. The van der Waals surface area contributed by atoms with Crippen LogP contribution in [0.2, 0.25) is 5.02 Å². The minimum absolute atomic E-state index is 0.269. The molecule has 2 aromatic carbocycles. The zero-order valence-electron chi connectivity index (χ0n) is 15.9. The van der Waals surface area contributed by atoms with Gasteiger partial charge in [0.15, 0.2) is 11.5 Å². The summed E-state index contributed by atoms with van der Waals surface area (Å²) in [5.41, 5.74) is 0.802. The van der Waals surface area contributed by atoms with Gasteiger partial charge in [-0.25, -0.2) is 0 Å². The fourth-order valence-electron chi connectivity index (χ4n) is 2.82. The first kappa shape index (κ1) is 20.1. The Morgan fingerprint density at radius 3 is 2.29 bits per heavy atom. The van der Waals surface area contributed by atoms with Crippen LogP contribution in [-0.4, -0.2) is 34.3 Å². The third-order valence-electron chi connectivity index (χ3n) is 4.27. The molecule has 3 rings (SSSR count). The lowest BCUT2D eigenvalue weighted by atomic mass is 10.2. The quantitative estimate of drug-likeness (QED) is 0.607. The van der Waals surface area contributed by atoms with Gasteiger partial charge in [0.1, 0.15) is 16.4 Å². The van der Waals surface area contributed by atoms with Crippen molar-refractivity contribution in [3.05, 3.63) is 45.8 Å². The molecule has 8 heteroatoms. The third kappa shape index (κ3) is 3.81. The van der Waals surface area contributed by atoms with E-state index in [1.54, 1.807) is 46.6 Å². The van der Waals surface area contributed by atoms with Crippen molar-refractivity contribution in [1.82, 2.24) is 5.32 Å². The second kappa shape index (κ2) is 8.58. The molecule has 0 unspecified atom stereocenters. The summed E-state index contributed by atoms with van der Waals surface area (Å²) in [6.45, 7) is 0.274. The summed E-state index contributed by atoms with van der Waals surface area (Å²) < 4.78 is 22.1. The number of carbonyl (C=O) groups excluding carboxylic acids is 1. The number of methoxy groups -OCH3 is 4. The predicted molar refractivity (Wildman–Crippen MR) is 111 cm³/mol. The van der Waals surface area contributed by atoms with Gasteiger partial charge in [-0.05, 0) is 24.3 Å². The zero-order chi connectivity index (χ0) is 20.3. The molecule has 28 heavy (non-hydrogen) atoms. The van der Waals surface area contributed by atoms with Gasteiger partial charge < -0.3 is 24.3 Å². The van der Waals surface area contributed by atoms with E-state index in [9.17, 15) is 4.79 Å². The van der Waals surface area contributed by atoms with Gasteiger partial charge in [-0.1, -0.05) is 11.6 Å². The summed E-state index contributed by atoms with van der Waals surface area (Å²) >= 11 is 7.77. The number of benzene rings is 2. The molecule has 0 saturated heterocycles. The zero-order valence-corrected chi connectivity index (χ0v) is 17.5. The van der Waals surface area contributed by atoms with Crippen LogP contribution in [-0.2, 0) is 6.54 Å². The molecule has 3 aromatic rings. The van der Waals surface area contributed by atoms with Gasteiger partial charge >= 0.3 is 0 Å². The molecule has 1 aromatic heterocycles. The van der Waals surface area contributed by atoms with E-state index in [2.05, 4.69) is 5.32 Å². The minimum atomic E-state index is -0.269. The standard InChI is InChI=1S/C20H20ClNO5S/c1-24-12-5-6-14(25-2)11(7-12)10-22-20(23)19-18(21)13-8-15(26-3)16(27-4)9-17(13)28-19/h5-9H,10H2,1-4H3,(H,22,23). The average Bonchev–Trinajstić information content (AvgIpc) is 3.06. The van der Waals surface area contributed by atoms with Gasteiger partial charge in [-0.2, -0.15) is 0 Å². The molecular weight excluding hydrogens is 402 g/mol. The molecule has 0 aliphatic heterocycles. The van der Waals surface area contributed by atoms with Crippen LogP contribution in [0.3, 0.4) is 0 Å². The van der Waals surface area contributed by atoms with Gasteiger partial charge in [0.25, 0.3) is 5.91 Å². The first-order chi connectivity index (χ1) is 13.5. The normalized spacial score (nSPS) is 10.6. The van der Waals surface area contributed by atoms with Crippen LogP contribution in [0.4, 0.5) is 0 Å². The van der Waals surface area contributed by atoms with Gasteiger partial charge in [0.05, 0.1) is 33.5 Å². The van der Waals surface area contributed by atoms with Crippen LogP contribution in [0.25, 0.3) is 10.1 Å². The topological polar surface area (TPSA) is 66.0 Å². The van der Waals surface area contributed by atoms with E-state index in [1.165, 1.54) is 11.3 Å². The maximum Gasteiger partial charge on any atom is 0.263 e. The Bertz CT molecular complexity index is 1020. The van der Waals surface area contributed by atoms with Gasteiger partial charge in [0, 0.05) is 28.3 Å². The lowest BCUT2D eigenvalue weighted by Gasteiger charge is -2.11. The molecule has 1 amide bonds. The van der Waals surface area contributed by atoms with Crippen LogP contribution in [0.15, 0.2) is 30.3 Å². The van der Waals surface area contributed by atoms with E-state index in [1.807, 2.05) is 12.1 Å². The molecule has 0 atom stereocenters. The molecule has 6 nitrogen and oxygen atoms in total. The average molecular weight is 422 g/mol. The van der Waals surface area contributed by atoms with Crippen LogP contribution in [0.5, 0.6) is 23.0 Å². The summed E-state index contributed by atoms with van der Waals surface area (Å²) in [6.07, 6.45) is 0. The molecule has 0 saturated carbocycles.